The maximum atomic E-state index is 5.75. The molecule has 0 aromatic carbocycles. The van der Waals surface area contributed by atoms with Crippen LogP contribution >= 0.6 is 0 Å². The zero-order valence-electron chi connectivity index (χ0n) is 11.0. The molecular formula is C12H22N4O. The van der Waals surface area contributed by atoms with E-state index in [4.69, 9.17) is 10.5 Å². The molecule has 0 bridgehead atoms. The van der Waals surface area contributed by atoms with Gasteiger partial charge in [0.05, 0.1) is 6.61 Å². The Morgan fingerprint density at radius 2 is 2.18 bits per heavy atom. The van der Waals surface area contributed by atoms with Gasteiger partial charge in [-0.2, -0.15) is 4.98 Å². The van der Waals surface area contributed by atoms with E-state index < -0.39 is 0 Å². The van der Waals surface area contributed by atoms with E-state index in [1.54, 1.807) is 12.3 Å². The Balaban J connectivity index is 2.76. The Labute approximate surface area is 103 Å². The van der Waals surface area contributed by atoms with Crippen LogP contribution in [0.15, 0.2) is 12.3 Å². The summed E-state index contributed by atoms with van der Waals surface area (Å²) in [6, 6.07) is 1.86. The maximum absolute atomic E-state index is 5.75. The van der Waals surface area contributed by atoms with Crippen LogP contribution in [0.2, 0.25) is 0 Å². The van der Waals surface area contributed by atoms with Crippen molar-refractivity contribution >= 4 is 5.95 Å². The van der Waals surface area contributed by atoms with Crippen LogP contribution < -0.4 is 15.8 Å². The molecule has 17 heavy (non-hydrogen) atoms. The first-order chi connectivity index (χ1) is 7.97. The molecule has 5 heteroatoms. The van der Waals surface area contributed by atoms with Gasteiger partial charge in [0.15, 0.2) is 0 Å². The Bertz CT molecular complexity index is 349. The fourth-order valence-corrected chi connectivity index (χ4v) is 1.42. The zero-order valence-corrected chi connectivity index (χ0v) is 11.0. The number of nitrogens with one attached hydrogen (secondary N) is 1. The first kappa shape index (κ1) is 13.7. The minimum absolute atomic E-state index is 0.0553. The number of nitrogens with two attached hydrogens (primary N) is 1. The van der Waals surface area contributed by atoms with E-state index in [-0.39, 0.29) is 11.5 Å². The number of ether oxygens (including phenoxy) is 1. The fourth-order valence-electron chi connectivity index (χ4n) is 1.42. The second kappa shape index (κ2) is 5.82. The van der Waals surface area contributed by atoms with Gasteiger partial charge in [0.1, 0.15) is 0 Å². The molecular weight excluding hydrogens is 216 g/mol. The highest BCUT2D eigenvalue weighted by molar-refractivity contribution is 5.29. The molecule has 0 saturated carbocycles. The third-order valence-electron chi connectivity index (χ3n) is 2.51. The lowest BCUT2D eigenvalue weighted by atomic mass is 9.87. The average Bonchev–Trinajstić information content (AvgIpc) is 2.25. The number of anilines is 1. The number of hydrogen-bond donors (Lipinski definition) is 2. The molecule has 1 heterocycles. The van der Waals surface area contributed by atoms with Gasteiger partial charge in [0, 0.05) is 24.8 Å². The number of aromatic nitrogens is 2. The average molecular weight is 238 g/mol. The number of rotatable bonds is 5. The quantitative estimate of drug-likeness (QED) is 0.816. The van der Waals surface area contributed by atoms with Crippen LogP contribution in [0.1, 0.15) is 27.7 Å². The van der Waals surface area contributed by atoms with Crippen LogP contribution in [0, 0.1) is 5.41 Å². The third kappa shape index (κ3) is 4.19. The summed E-state index contributed by atoms with van der Waals surface area (Å²) >= 11 is 0. The van der Waals surface area contributed by atoms with Crippen molar-refractivity contribution in [1.82, 2.24) is 9.97 Å². The topological polar surface area (TPSA) is 73.1 Å². The van der Waals surface area contributed by atoms with Crippen molar-refractivity contribution < 1.29 is 4.74 Å². The summed E-state index contributed by atoms with van der Waals surface area (Å²) in [5, 5.41) is 3.24. The summed E-state index contributed by atoms with van der Waals surface area (Å²) in [6.07, 6.45) is 1.68. The molecule has 0 spiro atoms. The lowest BCUT2D eigenvalue weighted by molar-refractivity contribution is 0.324. The molecule has 1 rings (SSSR count). The molecule has 0 amide bonds. The van der Waals surface area contributed by atoms with E-state index in [1.165, 1.54) is 0 Å². The molecule has 0 aliphatic heterocycles. The van der Waals surface area contributed by atoms with Gasteiger partial charge < -0.3 is 15.8 Å². The Morgan fingerprint density at radius 3 is 2.71 bits per heavy atom. The molecule has 0 saturated heterocycles. The van der Waals surface area contributed by atoms with Crippen molar-refractivity contribution in [3.8, 4) is 5.88 Å². The van der Waals surface area contributed by atoms with Crippen LogP contribution in [-0.4, -0.2) is 29.2 Å². The van der Waals surface area contributed by atoms with Crippen molar-refractivity contribution in [3.63, 3.8) is 0 Å². The summed E-state index contributed by atoms with van der Waals surface area (Å²) in [4.78, 5) is 8.43. The van der Waals surface area contributed by atoms with Gasteiger partial charge in [-0.1, -0.05) is 20.8 Å². The molecule has 0 radical (unpaired) electrons. The lowest BCUT2D eigenvalue weighted by Crippen LogP contribution is -2.40. The van der Waals surface area contributed by atoms with E-state index in [1.807, 2.05) is 6.92 Å². The first-order valence-corrected chi connectivity index (χ1v) is 5.89. The number of nitrogens with zero attached hydrogens (tertiary/aromatic N) is 2. The van der Waals surface area contributed by atoms with Crippen molar-refractivity contribution in [2.45, 2.75) is 33.7 Å². The maximum Gasteiger partial charge on any atom is 0.226 e. The predicted molar refractivity (Wildman–Crippen MR) is 69.1 cm³/mol. The molecule has 5 nitrogen and oxygen atoms in total. The van der Waals surface area contributed by atoms with Gasteiger partial charge >= 0.3 is 0 Å². The smallest absolute Gasteiger partial charge is 0.226 e. The summed E-state index contributed by atoms with van der Waals surface area (Å²) < 4.78 is 5.32. The molecule has 0 aliphatic carbocycles. The van der Waals surface area contributed by atoms with E-state index >= 15 is 0 Å². The normalized spacial score (nSPS) is 13.2. The SMILES string of the molecule is CCOc1ccnc(NC(CN)C(C)(C)C)n1. The molecule has 96 valence electrons. The van der Waals surface area contributed by atoms with Gasteiger partial charge in [-0.05, 0) is 12.3 Å². The first-order valence-electron chi connectivity index (χ1n) is 5.89. The molecule has 1 unspecified atom stereocenters. The highest BCUT2D eigenvalue weighted by Crippen LogP contribution is 2.21. The van der Waals surface area contributed by atoms with Gasteiger partial charge in [0.25, 0.3) is 0 Å². The van der Waals surface area contributed by atoms with Crippen LogP contribution in [0.5, 0.6) is 5.88 Å². The monoisotopic (exact) mass is 238 g/mol. The minimum Gasteiger partial charge on any atom is -0.478 e. The standard InChI is InChI=1S/C12H22N4O/c1-5-17-10-6-7-14-11(16-10)15-9(8-13)12(2,3)4/h6-7,9H,5,8,13H2,1-4H3,(H,14,15,16). The number of hydrogen-bond acceptors (Lipinski definition) is 5. The molecule has 0 aliphatic rings. The Morgan fingerprint density at radius 1 is 1.47 bits per heavy atom. The van der Waals surface area contributed by atoms with Gasteiger partial charge in [-0.15, -0.1) is 0 Å². The Hall–Kier alpha value is -1.36. The van der Waals surface area contributed by atoms with E-state index in [0.29, 0.717) is 25.0 Å². The van der Waals surface area contributed by atoms with Crippen molar-refractivity contribution in [3.05, 3.63) is 12.3 Å². The molecule has 0 fully saturated rings. The highest BCUT2D eigenvalue weighted by Gasteiger charge is 2.23. The van der Waals surface area contributed by atoms with E-state index in [2.05, 4.69) is 36.1 Å². The van der Waals surface area contributed by atoms with Crippen molar-refractivity contribution in [1.29, 1.82) is 0 Å². The fraction of sp³-hybridized carbons (Fsp3) is 0.667. The highest BCUT2D eigenvalue weighted by atomic mass is 16.5. The molecule has 3 N–H and O–H groups in total. The molecule has 1 aromatic heterocycles. The van der Waals surface area contributed by atoms with Crippen LogP contribution in [0.25, 0.3) is 0 Å². The van der Waals surface area contributed by atoms with E-state index in [0.717, 1.165) is 0 Å². The summed E-state index contributed by atoms with van der Waals surface area (Å²) in [6.45, 7) is 9.44. The van der Waals surface area contributed by atoms with Gasteiger partial charge in [-0.3, -0.25) is 0 Å². The third-order valence-corrected chi connectivity index (χ3v) is 2.51. The zero-order chi connectivity index (χ0) is 12.9. The minimum atomic E-state index is 0.0553. The van der Waals surface area contributed by atoms with Gasteiger partial charge in [-0.25, -0.2) is 4.98 Å². The summed E-state index contributed by atoms with van der Waals surface area (Å²) in [5.74, 6) is 1.14. The second-order valence-electron chi connectivity index (χ2n) is 4.95. The van der Waals surface area contributed by atoms with Crippen LogP contribution in [0.3, 0.4) is 0 Å². The van der Waals surface area contributed by atoms with Crippen LogP contribution in [0.4, 0.5) is 5.95 Å². The van der Waals surface area contributed by atoms with Gasteiger partial charge in [0.2, 0.25) is 11.8 Å². The van der Waals surface area contributed by atoms with Crippen molar-refractivity contribution in [2.75, 3.05) is 18.5 Å². The predicted octanol–water partition coefficient (Wildman–Crippen LogP) is 1.66. The van der Waals surface area contributed by atoms with E-state index in [9.17, 15) is 0 Å². The summed E-state index contributed by atoms with van der Waals surface area (Å²) in [5.41, 5.74) is 5.81. The lowest BCUT2D eigenvalue weighted by Gasteiger charge is -2.30. The van der Waals surface area contributed by atoms with Crippen molar-refractivity contribution in [2.24, 2.45) is 11.1 Å². The second-order valence-corrected chi connectivity index (χ2v) is 4.95. The largest absolute Gasteiger partial charge is 0.478 e. The Kier molecular flexibility index (Phi) is 4.69. The van der Waals surface area contributed by atoms with Crippen LogP contribution in [-0.2, 0) is 0 Å². The molecule has 1 aromatic rings. The summed E-state index contributed by atoms with van der Waals surface area (Å²) in [7, 11) is 0. The molecule has 1 atom stereocenters.